The molecule has 0 atom stereocenters. The smallest absolute Gasteiger partial charge is 0.300 e. The molecule has 0 rings (SSSR count). The SMILES string of the molecule is C.C.C.C.CC(C)(C(F)(F)F)C(F)(F)F.CC(C)(C)C.CC(C)=O.CCC.CCC.CCF.CF. The Morgan fingerprint density at radius 3 is 0.629 bits per heavy atom. The Morgan fingerprint density at radius 2 is 0.629 bits per heavy atom. The van der Waals surface area contributed by atoms with Crippen LogP contribution in [-0.4, -0.2) is 32.0 Å². The Kier molecular flexibility index (Phi) is 80.6. The zero-order valence-corrected chi connectivity index (χ0v) is 22.1. The zero-order chi connectivity index (χ0) is 27.7. The number of halogens is 8. The zero-order valence-electron chi connectivity index (χ0n) is 22.1. The number of hydrogen-bond acceptors (Lipinski definition) is 1. The van der Waals surface area contributed by atoms with Gasteiger partial charge in [0.15, 0.2) is 5.41 Å². The van der Waals surface area contributed by atoms with E-state index in [4.69, 9.17) is 0 Å². The monoisotopic (exact) mass is 544 g/mol. The largest absolute Gasteiger partial charge is 0.402 e. The van der Waals surface area contributed by atoms with Crippen molar-refractivity contribution in [2.24, 2.45) is 10.8 Å². The summed E-state index contributed by atoms with van der Waals surface area (Å²) in [4.78, 5) is 9.44. The third-order valence-electron chi connectivity index (χ3n) is 1.42. The Hall–Kier alpha value is -0.890. The van der Waals surface area contributed by atoms with Gasteiger partial charge in [-0.3, -0.25) is 8.78 Å². The van der Waals surface area contributed by atoms with Crippen LogP contribution in [0.1, 0.15) is 133 Å². The van der Waals surface area contributed by atoms with E-state index in [1.165, 1.54) is 33.6 Å². The normalized spacial score (nSPS) is 8.97. The second-order valence-electron chi connectivity index (χ2n) is 8.21. The van der Waals surface area contributed by atoms with E-state index in [0.717, 1.165) is 0 Å². The highest BCUT2D eigenvalue weighted by Gasteiger charge is 2.64. The van der Waals surface area contributed by atoms with Crippen LogP contribution in [0.4, 0.5) is 35.1 Å². The molecule has 0 spiro atoms. The first-order valence-corrected chi connectivity index (χ1v) is 10.0. The van der Waals surface area contributed by atoms with Crippen LogP contribution in [-0.2, 0) is 4.79 Å². The Balaban J connectivity index is -0.0000000231. The lowest BCUT2D eigenvalue weighted by Crippen LogP contribution is -2.44. The Labute approximate surface area is 215 Å². The van der Waals surface area contributed by atoms with Crippen LogP contribution < -0.4 is 0 Å². The van der Waals surface area contributed by atoms with Gasteiger partial charge in [0, 0.05) is 0 Å². The van der Waals surface area contributed by atoms with E-state index in [1.54, 1.807) is 0 Å². The molecule has 0 saturated carbocycles. The van der Waals surface area contributed by atoms with E-state index in [1.807, 2.05) is 0 Å². The molecule has 35 heavy (non-hydrogen) atoms. The van der Waals surface area contributed by atoms with Crippen molar-refractivity contribution >= 4 is 5.78 Å². The molecule has 0 aliphatic carbocycles. The minimum atomic E-state index is -5.24. The van der Waals surface area contributed by atoms with Crippen molar-refractivity contribution in [1.82, 2.24) is 0 Å². The highest BCUT2D eigenvalue weighted by molar-refractivity contribution is 5.72. The first kappa shape index (κ1) is 70.0. The third-order valence-corrected chi connectivity index (χ3v) is 1.42. The first-order valence-electron chi connectivity index (χ1n) is 10.0. The summed E-state index contributed by atoms with van der Waals surface area (Å²) < 4.78 is 89.4. The van der Waals surface area contributed by atoms with Gasteiger partial charge in [0.1, 0.15) is 5.78 Å². The summed E-state index contributed by atoms with van der Waals surface area (Å²) in [6.07, 6.45) is -7.99. The summed E-state index contributed by atoms with van der Waals surface area (Å²) in [6.45, 7) is 21.7. The highest BCUT2D eigenvalue weighted by atomic mass is 19.4. The number of hydrogen-bond donors (Lipinski definition) is 0. The van der Waals surface area contributed by atoms with E-state index >= 15 is 0 Å². The van der Waals surface area contributed by atoms with Gasteiger partial charge in [-0.1, -0.05) is 97.9 Å². The number of ketones is 1. The molecule has 1 nitrogen and oxygen atoms in total. The number of carbonyl (C=O) groups excluding carboxylic acids is 1. The van der Waals surface area contributed by atoms with Gasteiger partial charge >= 0.3 is 12.4 Å². The van der Waals surface area contributed by atoms with Crippen LogP contribution in [0.25, 0.3) is 0 Å². The van der Waals surface area contributed by atoms with Crippen molar-refractivity contribution in [3.05, 3.63) is 0 Å². The minimum absolute atomic E-state index is 0. The van der Waals surface area contributed by atoms with Crippen molar-refractivity contribution in [2.75, 3.05) is 13.9 Å². The fourth-order valence-electron chi connectivity index (χ4n) is 0.161. The number of carbonyl (C=O) groups is 1. The van der Waals surface area contributed by atoms with Gasteiger partial charge < -0.3 is 4.79 Å². The van der Waals surface area contributed by atoms with Gasteiger partial charge in [0.05, 0.1) is 13.9 Å². The van der Waals surface area contributed by atoms with Crippen molar-refractivity contribution < 1.29 is 39.9 Å². The number of alkyl halides is 8. The molecular formula is C26H64F8O. The molecule has 0 unspecified atom stereocenters. The maximum Gasteiger partial charge on any atom is 0.402 e. The molecule has 0 amide bonds. The van der Waals surface area contributed by atoms with E-state index in [9.17, 15) is 39.9 Å². The van der Waals surface area contributed by atoms with Gasteiger partial charge in [0.2, 0.25) is 0 Å². The molecule has 0 aromatic rings. The molecule has 0 bridgehead atoms. The van der Waals surface area contributed by atoms with Crippen LogP contribution in [0.5, 0.6) is 0 Å². The number of Topliss-reactive ketones (excluding diaryl/α,β-unsaturated/α-hetero) is 1. The lowest BCUT2D eigenvalue weighted by molar-refractivity contribution is -0.327. The second kappa shape index (κ2) is 40.3. The summed E-state index contributed by atoms with van der Waals surface area (Å²) >= 11 is 0. The van der Waals surface area contributed by atoms with Gasteiger partial charge in [-0.2, -0.15) is 26.3 Å². The Bertz CT molecular complexity index is 299. The van der Waals surface area contributed by atoms with Crippen LogP contribution in [0.15, 0.2) is 0 Å². The summed E-state index contributed by atoms with van der Waals surface area (Å²) in [5.74, 6) is 0.167. The quantitative estimate of drug-likeness (QED) is 0.277. The first-order chi connectivity index (χ1) is 13.5. The van der Waals surface area contributed by atoms with Crippen molar-refractivity contribution in [1.29, 1.82) is 0 Å². The molecule has 0 heterocycles. The molecule has 0 aliphatic heterocycles. The lowest BCUT2D eigenvalue weighted by Gasteiger charge is -2.29. The van der Waals surface area contributed by atoms with Crippen LogP contribution in [0.3, 0.4) is 0 Å². The lowest BCUT2D eigenvalue weighted by atomic mass is 9.92. The maximum absolute atomic E-state index is 11.6. The molecule has 0 fully saturated rings. The fraction of sp³-hybridized carbons (Fsp3) is 0.962. The second-order valence-corrected chi connectivity index (χ2v) is 8.21. The van der Waals surface area contributed by atoms with Crippen LogP contribution in [0, 0.1) is 10.8 Å². The van der Waals surface area contributed by atoms with Gasteiger partial charge in [-0.05, 0) is 40.0 Å². The van der Waals surface area contributed by atoms with Crippen molar-refractivity contribution in [2.45, 2.75) is 145 Å². The van der Waals surface area contributed by atoms with E-state index < -0.39 is 17.8 Å². The molecule has 0 aliphatic rings. The summed E-state index contributed by atoms with van der Waals surface area (Å²) in [5.41, 5.74) is -3.12. The third kappa shape index (κ3) is 109. The van der Waals surface area contributed by atoms with Crippen LogP contribution >= 0.6 is 0 Å². The van der Waals surface area contributed by atoms with E-state index in [0.29, 0.717) is 12.6 Å². The molecule has 0 aromatic carbocycles. The van der Waals surface area contributed by atoms with Gasteiger partial charge in [-0.15, -0.1) is 0 Å². The predicted octanol–water partition coefficient (Wildman–Crippen LogP) is 12.7. The average Bonchev–Trinajstić information content (AvgIpc) is 2.47. The molecular weight excluding hydrogens is 480 g/mol. The average molecular weight is 545 g/mol. The van der Waals surface area contributed by atoms with E-state index in [-0.39, 0.29) is 56.0 Å². The highest BCUT2D eigenvalue weighted by Crippen LogP contribution is 2.49. The van der Waals surface area contributed by atoms with Crippen LogP contribution in [0.2, 0.25) is 0 Å². The van der Waals surface area contributed by atoms with Gasteiger partial charge in [-0.25, -0.2) is 0 Å². The van der Waals surface area contributed by atoms with Crippen molar-refractivity contribution in [3.63, 3.8) is 0 Å². The van der Waals surface area contributed by atoms with Gasteiger partial charge in [0.25, 0.3) is 0 Å². The van der Waals surface area contributed by atoms with E-state index in [2.05, 4.69) is 55.4 Å². The number of rotatable bonds is 0. The summed E-state index contributed by atoms with van der Waals surface area (Å²) in [7, 11) is 0.500. The fourth-order valence-corrected chi connectivity index (χ4v) is 0.161. The summed E-state index contributed by atoms with van der Waals surface area (Å²) in [5, 5.41) is 0. The molecule has 230 valence electrons. The molecule has 0 aromatic heterocycles. The molecule has 0 radical (unpaired) electrons. The van der Waals surface area contributed by atoms with Crippen molar-refractivity contribution in [3.8, 4) is 0 Å². The minimum Gasteiger partial charge on any atom is -0.300 e. The Morgan fingerprint density at radius 1 is 0.571 bits per heavy atom. The topological polar surface area (TPSA) is 17.1 Å². The molecule has 0 saturated heterocycles. The molecule has 9 heteroatoms. The maximum atomic E-state index is 11.6. The summed E-state index contributed by atoms with van der Waals surface area (Å²) in [6, 6.07) is 0. The predicted molar refractivity (Wildman–Crippen MR) is 145 cm³/mol. The standard InChI is InChI=1S/C5H6F6.C5H12.C3H6O.2C3H8.C2H5F.CH3F.4CH4/c1-3(2,4(6,7)8)5(9,10)11;1-5(2,3)4;1-3(2)4;2*1-3-2;1-2-3;1-2;;;;/h1-2H3;1-4H3;1-2H3;2*3H2,1-2H3;2H2,1H3;1H3;4*1H4. The molecule has 0 N–H and O–H groups in total.